The predicted octanol–water partition coefficient (Wildman–Crippen LogP) is 5.56. The van der Waals surface area contributed by atoms with Crippen molar-refractivity contribution in [3.63, 3.8) is 0 Å². The lowest BCUT2D eigenvalue weighted by Crippen LogP contribution is -2.55. The molecule has 1 saturated heterocycles. The fourth-order valence-corrected chi connectivity index (χ4v) is 7.48. The maximum Gasteiger partial charge on any atom is 0.244 e. The molecule has 2 unspecified atom stereocenters. The average Bonchev–Trinajstić information content (AvgIpc) is 3.41. The van der Waals surface area contributed by atoms with Crippen LogP contribution in [0.15, 0.2) is 52.0 Å². The molecular formula is C26H29BrClFN4O3S. The van der Waals surface area contributed by atoms with E-state index in [0.29, 0.717) is 59.3 Å². The van der Waals surface area contributed by atoms with E-state index in [-0.39, 0.29) is 21.8 Å². The number of hydrogen-bond acceptors (Lipinski definition) is 5. The summed E-state index contributed by atoms with van der Waals surface area (Å²) in [7, 11) is -2.04. The monoisotopic (exact) mass is 610 g/mol. The van der Waals surface area contributed by atoms with Crippen LogP contribution in [-0.4, -0.2) is 73.0 Å². The Morgan fingerprint density at radius 3 is 2.54 bits per heavy atom. The summed E-state index contributed by atoms with van der Waals surface area (Å²) in [6.07, 6.45) is 6.28. The zero-order valence-corrected chi connectivity index (χ0v) is 23.6. The number of aromatic amines is 1. The molecule has 37 heavy (non-hydrogen) atoms. The summed E-state index contributed by atoms with van der Waals surface area (Å²) in [4.78, 5) is 9.98. The molecule has 2 atom stereocenters. The Morgan fingerprint density at radius 2 is 1.81 bits per heavy atom. The molecule has 2 heterocycles. The topological polar surface area (TPSA) is 78.5 Å². The van der Waals surface area contributed by atoms with Crippen LogP contribution in [0.3, 0.4) is 0 Å². The van der Waals surface area contributed by atoms with Crippen molar-refractivity contribution in [3.8, 4) is 22.6 Å². The zero-order chi connectivity index (χ0) is 26.2. The highest BCUT2D eigenvalue weighted by atomic mass is 79.9. The zero-order valence-electron chi connectivity index (χ0n) is 20.5. The number of imidazole rings is 1. The Labute approximate surface area is 230 Å². The Hall–Kier alpha value is -1.82. The van der Waals surface area contributed by atoms with E-state index in [2.05, 4.69) is 30.8 Å². The summed E-state index contributed by atoms with van der Waals surface area (Å²) >= 11 is 9.56. The molecule has 5 rings (SSSR count). The van der Waals surface area contributed by atoms with Crippen LogP contribution in [-0.2, 0) is 14.8 Å². The van der Waals surface area contributed by atoms with Gasteiger partial charge in [0.1, 0.15) is 16.5 Å². The van der Waals surface area contributed by atoms with E-state index in [4.69, 9.17) is 16.3 Å². The Balaban J connectivity index is 1.34. The van der Waals surface area contributed by atoms with Crippen molar-refractivity contribution in [1.29, 1.82) is 0 Å². The Morgan fingerprint density at radius 1 is 1.08 bits per heavy atom. The molecule has 1 aromatic heterocycles. The lowest BCUT2D eigenvalue weighted by molar-refractivity contribution is -0.0203. The summed E-state index contributed by atoms with van der Waals surface area (Å²) in [6.45, 7) is 2.12. The van der Waals surface area contributed by atoms with Crippen LogP contribution in [0.4, 0.5) is 4.39 Å². The van der Waals surface area contributed by atoms with Crippen molar-refractivity contribution < 1.29 is 17.5 Å². The van der Waals surface area contributed by atoms with Crippen molar-refractivity contribution in [2.45, 2.75) is 42.7 Å². The standard InChI is InChI=1S/C26H29BrClFN4O3S/c1-36-24-5-3-2-4-23(24)32-10-12-33(13-11-32)37(34,35)25-15-18(7-9-20(25)28)26-30-16-22(31-26)17-6-8-19(27)21(29)14-17/h6-9,14-16,23-24H,2-5,10-13H2,1H3,(H,30,31). The fourth-order valence-electron chi connectivity index (χ4n) is 5.31. The molecule has 3 aromatic rings. The Kier molecular flexibility index (Phi) is 8.04. The molecule has 7 nitrogen and oxygen atoms in total. The quantitative estimate of drug-likeness (QED) is 0.395. The number of halogens is 3. The number of rotatable bonds is 6. The van der Waals surface area contributed by atoms with Crippen LogP contribution >= 0.6 is 27.5 Å². The molecule has 2 aliphatic rings. The van der Waals surface area contributed by atoms with Crippen LogP contribution in [0.1, 0.15) is 25.7 Å². The molecule has 1 aliphatic carbocycles. The van der Waals surface area contributed by atoms with Crippen molar-refractivity contribution in [2.24, 2.45) is 0 Å². The van der Waals surface area contributed by atoms with E-state index >= 15 is 0 Å². The van der Waals surface area contributed by atoms with Crippen molar-refractivity contribution >= 4 is 37.6 Å². The summed E-state index contributed by atoms with van der Waals surface area (Å²) < 4.78 is 48.8. The van der Waals surface area contributed by atoms with E-state index in [0.717, 1.165) is 12.8 Å². The highest BCUT2D eigenvalue weighted by Gasteiger charge is 2.36. The minimum Gasteiger partial charge on any atom is -0.380 e. The number of piperazine rings is 1. The van der Waals surface area contributed by atoms with Crippen molar-refractivity contribution in [3.05, 3.63) is 57.9 Å². The lowest BCUT2D eigenvalue weighted by Gasteiger charge is -2.43. The molecular weight excluding hydrogens is 583 g/mol. The van der Waals surface area contributed by atoms with Crippen LogP contribution in [0.5, 0.6) is 0 Å². The Bertz CT molecular complexity index is 1380. The van der Waals surface area contributed by atoms with Gasteiger partial charge in [0.25, 0.3) is 0 Å². The third-order valence-corrected chi connectivity index (χ3v) is 10.4. The number of hydrogen-bond donors (Lipinski definition) is 1. The van der Waals surface area contributed by atoms with E-state index in [9.17, 15) is 12.8 Å². The van der Waals surface area contributed by atoms with E-state index in [1.54, 1.807) is 43.6 Å². The number of H-pyrrole nitrogens is 1. The number of nitrogens with zero attached hydrogens (tertiary/aromatic N) is 3. The summed E-state index contributed by atoms with van der Waals surface area (Å²) in [5.74, 6) is 0.0917. The highest BCUT2D eigenvalue weighted by molar-refractivity contribution is 9.10. The first kappa shape index (κ1) is 26.8. The number of benzene rings is 2. The molecule has 1 aliphatic heterocycles. The van der Waals surface area contributed by atoms with E-state index < -0.39 is 10.0 Å². The van der Waals surface area contributed by atoms with Gasteiger partial charge in [0, 0.05) is 50.5 Å². The number of sulfonamides is 1. The van der Waals surface area contributed by atoms with E-state index in [1.165, 1.54) is 23.2 Å². The number of methoxy groups -OCH3 is 1. The van der Waals surface area contributed by atoms with Gasteiger partial charge in [-0.1, -0.05) is 30.5 Å². The molecule has 11 heteroatoms. The van der Waals surface area contributed by atoms with Gasteiger partial charge in [-0.3, -0.25) is 4.90 Å². The fraction of sp³-hybridized carbons (Fsp3) is 0.423. The molecule has 1 saturated carbocycles. The second-order valence-corrected chi connectivity index (χ2v) is 12.7. The van der Waals surface area contributed by atoms with E-state index in [1.807, 2.05) is 0 Å². The van der Waals surface area contributed by atoms with Crippen LogP contribution in [0.2, 0.25) is 5.02 Å². The van der Waals surface area contributed by atoms with Gasteiger partial charge in [-0.25, -0.2) is 17.8 Å². The van der Waals surface area contributed by atoms with Crippen molar-refractivity contribution in [2.75, 3.05) is 33.3 Å². The van der Waals surface area contributed by atoms with Gasteiger partial charge >= 0.3 is 0 Å². The summed E-state index contributed by atoms with van der Waals surface area (Å²) in [6, 6.07) is 9.98. The summed E-state index contributed by atoms with van der Waals surface area (Å²) in [5, 5.41) is 0.166. The van der Waals surface area contributed by atoms with Gasteiger partial charge < -0.3 is 9.72 Å². The van der Waals surface area contributed by atoms with Crippen LogP contribution < -0.4 is 0 Å². The molecule has 0 spiro atoms. The maximum absolute atomic E-state index is 14.0. The average molecular weight is 612 g/mol. The highest BCUT2D eigenvalue weighted by Crippen LogP contribution is 2.32. The molecule has 0 radical (unpaired) electrons. The van der Waals surface area contributed by atoms with Gasteiger partial charge in [0.15, 0.2) is 0 Å². The minimum absolute atomic E-state index is 0.0557. The lowest BCUT2D eigenvalue weighted by atomic mass is 9.91. The largest absolute Gasteiger partial charge is 0.380 e. The minimum atomic E-state index is -3.81. The van der Waals surface area contributed by atoms with Gasteiger partial charge in [-0.2, -0.15) is 4.31 Å². The number of aromatic nitrogens is 2. The molecule has 0 bridgehead atoms. The molecule has 0 amide bonds. The third kappa shape index (κ3) is 5.51. The van der Waals surface area contributed by atoms with Crippen LogP contribution in [0.25, 0.3) is 22.6 Å². The molecule has 2 aromatic carbocycles. The first-order chi connectivity index (χ1) is 17.8. The van der Waals surface area contributed by atoms with Gasteiger partial charge in [-0.05, 0) is 59.1 Å². The second kappa shape index (κ2) is 11.1. The first-order valence-corrected chi connectivity index (χ1v) is 15.0. The van der Waals surface area contributed by atoms with Gasteiger partial charge in [0.05, 0.1) is 27.5 Å². The number of ether oxygens (including phenoxy) is 1. The smallest absolute Gasteiger partial charge is 0.244 e. The predicted molar refractivity (Wildman–Crippen MR) is 146 cm³/mol. The van der Waals surface area contributed by atoms with Gasteiger partial charge in [0.2, 0.25) is 10.0 Å². The SMILES string of the molecule is COC1CCCCC1N1CCN(S(=O)(=O)c2cc(-c3ncc(-c4ccc(Br)c(F)c4)[nH]3)ccc2Cl)CC1. The summed E-state index contributed by atoms with van der Waals surface area (Å²) in [5.41, 5.74) is 1.83. The molecule has 2 fully saturated rings. The normalized spacial score (nSPS) is 21.8. The molecule has 1 N–H and O–H groups in total. The number of nitrogens with one attached hydrogen (secondary N) is 1. The first-order valence-electron chi connectivity index (χ1n) is 12.4. The van der Waals surface area contributed by atoms with Crippen molar-refractivity contribution in [1.82, 2.24) is 19.2 Å². The van der Waals surface area contributed by atoms with Crippen LogP contribution in [0, 0.1) is 5.82 Å². The molecule has 198 valence electrons. The van der Waals surface area contributed by atoms with Gasteiger partial charge in [-0.15, -0.1) is 0 Å². The second-order valence-electron chi connectivity index (χ2n) is 9.49. The third-order valence-electron chi connectivity index (χ3n) is 7.34. The maximum atomic E-state index is 14.0.